The summed E-state index contributed by atoms with van der Waals surface area (Å²) in [6.45, 7) is 7.80. The smallest absolute Gasteiger partial charge is 0.162 e. The van der Waals surface area contributed by atoms with Crippen molar-refractivity contribution in [3.05, 3.63) is 70.7 Å². The van der Waals surface area contributed by atoms with Gasteiger partial charge in [-0.1, -0.05) is 41.9 Å². The summed E-state index contributed by atoms with van der Waals surface area (Å²) in [6, 6.07) is 17.7. The first-order valence-corrected chi connectivity index (χ1v) is 10.9. The lowest BCUT2D eigenvalue weighted by molar-refractivity contribution is -0.0712. The van der Waals surface area contributed by atoms with E-state index in [9.17, 15) is 4.79 Å². The van der Waals surface area contributed by atoms with Gasteiger partial charge in [0.05, 0.1) is 0 Å². The molecule has 156 valence electrons. The van der Waals surface area contributed by atoms with Crippen molar-refractivity contribution in [3.8, 4) is 0 Å². The quantitative estimate of drug-likeness (QED) is 0.535. The van der Waals surface area contributed by atoms with E-state index in [0.717, 1.165) is 57.7 Å². The number of carbonyl (C=O) groups is 1. The summed E-state index contributed by atoms with van der Waals surface area (Å²) in [5, 5.41) is 0.664. The number of Topliss-reactive ketones (excluding diaryl/α,β-unsaturated/α-hetero) is 1. The predicted octanol–water partition coefficient (Wildman–Crippen LogP) is 4.53. The average Bonchev–Trinajstić information content (AvgIpc) is 2.75. The summed E-state index contributed by atoms with van der Waals surface area (Å²) in [5.74, 6) is 0.194. The van der Waals surface area contributed by atoms with Gasteiger partial charge < -0.3 is 9.64 Å². The van der Waals surface area contributed by atoms with E-state index in [2.05, 4.69) is 47.1 Å². The standard InChI is InChI=1S/C24H31ClN2O2/c1-2-29-24(19-20-7-4-3-5-8-20)27-17-15-26(16-18-27)14-6-9-23(28)21-10-12-22(25)13-11-21/h3-5,7-8,10-13,24H,2,6,9,14-19H2,1H3. The minimum atomic E-state index is 0.135. The third kappa shape index (κ3) is 6.93. The first-order chi connectivity index (χ1) is 14.2. The lowest BCUT2D eigenvalue weighted by Gasteiger charge is -2.39. The molecule has 1 saturated heterocycles. The van der Waals surface area contributed by atoms with Crippen LogP contribution in [0.3, 0.4) is 0 Å². The van der Waals surface area contributed by atoms with Gasteiger partial charge in [-0.2, -0.15) is 0 Å². The van der Waals surface area contributed by atoms with Crippen molar-refractivity contribution in [2.75, 3.05) is 39.3 Å². The van der Waals surface area contributed by atoms with Crippen molar-refractivity contribution in [3.63, 3.8) is 0 Å². The van der Waals surface area contributed by atoms with Gasteiger partial charge in [0.25, 0.3) is 0 Å². The van der Waals surface area contributed by atoms with Gasteiger partial charge >= 0.3 is 0 Å². The van der Waals surface area contributed by atoms with E-state index in [1.807, 2.05) is 12.1 Å². The van der Waals surface area contributed by atoms with Crippen molar-refractivity contribution in [2.45, 2.75) is 32.4 Å². The first-order valence-electron chi connectivity index (χ1n) is 10.6. The highest BCUT2D eigenvalue weighted by Gasteiger charge is 2.24. The van der Waals surface area contributed by atoms with Crippen molar-refractivity contribution in [1.82, 2.24) is 9.80 Å². The van der Waals surface area contributed by atoms with Crippen LogP contribution in [0, 0.1) is 0 Å². The van der Waals surface area contributed by atoms with Crippen molar-refractivity contribution < 1.29 is 9.53 Å². The minimum Gasteiger partial charge on any atom is -0.363 e. The Morgan fingerprint density at radius 3 is 2.38 bits per heavy atom. The van der Waals surface area contributed by atoms with Crippen LogP contribution in [-0.2, 0) is 11.2 Å². The maximum absolute atomic E-state index is 12.3. The number of hydrogen-bond donors (Lipinski definition) is 0. The Hall–Kier alpha value is -1.72. The number of halogens is 1. The fourth-order valence-electron chi connectivity index (χ4n) is 3.82. The lowest BCUT2D eigenvalue weighted by atomic mass is 10.1. The van der Waals surface area contributed by atoms with Crippen molar-refractivity contribution >= 4 is 17.4 Å². The monoisotopic (exact) mass is 414 g/mol. The highest BCUT2D eigenvalue weighted by atomic mass is 35.5. The van der Waals surface area contributed by atoms with E-state index in [0.29, 0.717) is 11.4 Å². The molecule has 1 heterocycles. The molecule has 5 heteroatoms. The number of rotatable bonds is 10. The third-order valence-electron chi connectivity index (χ3n) is 5.47. The molecule has 0 spiro atoms. The van der Waals surface area contributed by atoms with E-state index < -0.39 is 0 Å². The fraction of sp³-hybridized carbons (Fsp3) is 0.458. The summed E-state index contributed by atoms with van der Waals surface area (Å²) in [4.78, 5) is 17.2. The summed E-state index contributed by atoms with van der Waals surface area (Å²) >= 11 is 5.89. The molecule has 1 unspecified atom stereocenters. The molecule has 0 radical (unpaired) electrons. The molecule has 0 amide bonds. The predicted molar refractivity (Wildman–Crippen MR) is 119 cm³/mol. The van der Waals surface area contributed by atoms with E-state index in [4.69, 9.17) is 16.3 Å². The van der Waals surface area contributed by atoms with Crippen LogP contribution in [0.25, 0.3) is 0 Å². The minimum absolute atomic E-state index is 0.135. The van der Waals surface area contributed by atoms with Crippen LogP contribution in [-0.4, -0.2) is 61.1 Å². The molecule has 0 N–H and O–H groups in total. The molecule has 0 bridgehead atoms. The van der Waals surface area contributed by atoms with Gasteiger partial charge in [0.15, 0.2) is 5.78 Å². The van der Waals surface area contributed by atoms with Crippen LogP contribution >= 0.6 is 11.6 Å². The molecule has 1 aliphatic heterocycles. The van der Waals surface area contributed by atoms with Gasteiger partial charge in [-0.3, -0.25) is 9.69 Å². The van der Waals surface area contributed by atoms with Crippen molar-refractivity contribution in [2.24, 2.45) is 0 Å². The summed E-state index contributed by atoms with van der Waals surface area (Å²) in [7, 11) is 0. The molecule has 0 saturated carbocycles. The Morgan fingerprint density at radius 1 is 1.03 bits per heavy atom. The van der Waals surface area contributed by atoms with Gasteiger partial charge in [-0.25, -0.2) is 0 Å². The average molecular weight is 415 g/mol. The van der Waals surface area contributed by atoms with E-state index in [-0.39, 0.29) is 12.0 Å². The van der Waals surface area contributed by atoms with Gasteiger partial charge in [-0.05, 0) is 49.7 Å². The molecule has 1 aliphatic rings. The molecule has 3 rings (SSSR count). The Morgan fingerprint density at radius 2 is 1.72 bits per heavy atom. The normalized spacial score (nSPS) is 16.6. The number of nitrogens with zero attached hydrogens (tertiary/aromatic N) is 2. The second-order valence-corrected chi connectivity index (χ2v) is 7.95. The maximum atomic E-state index is 12.3. The highest BCUT2D eigenvalue weighted by Crippen LogP contribution is 2.15. The van der Waals surface area contributed by atoms with Crippen LogP contribution in [0.15, 0.2) is 54.6 Å². The molecule has 0 aromatic heterocycles. The third-order valence-corrected chi connectivity index (χ3v) is 5.72. The van der Waals surface area contributed by atoms with Crippen molar-refractivity contribution in [1.29, 1.82) is 0 Å². The SMILES string of the molecule is CCOC(Cc1ccccc1)N1CCN(CCCC(=O)c2ccc(Cl)cc2)CC1. The molecular formula is C24H31ClN2O2. The van der Waals surface area contributed by atoms with Crippen LogP contribution in [0.1, 0.15) is 35.7 Å². The fourth-order valence-corrected chi connectivity index (χ4v) is 3.95. The molecular weight excluding hydrogens is 384 g/mol. The zero-order chi connectivity index (χ0) is 20.5. The molecule has 4 nitrogen and oxygen atoms in total. The van der Waals surface area contributed by atoms with Crippen LogP contribution in [0.5, 0.6) is 0 Å². The zero-order valence-corrected chi connectivity index (χ0v) is 18.0. The molecule has 1 atom stereocenters. The second-order valence-electron chi connectivity index (χ2n) is 7.51. The second kappa shape index (κ2) is 11.5. The topological polar surface area (TPSA) is 32.8 Å². The number of benzene rings is 2. The lowest BCUT2D eigenvalue weighted by Crippen LogP contribution is -2.51. The van der Waals surface area contributed by atoms with E-state index >= 15 is 0 Å². The van der Waals surface area contributed by atoms with E-state index in [1.54, 1.807) is 12.1 Å². The number of piperazine rings is 1. The van der Waals surface area contributed by atoms with Gasteiger partial charge in [-0.15, -0.1) is 0 Å². The first kappa shape index (κ1) is 22.0. The van der Waals surface area contributed by atoms with Crippen LogP contribution < -0.4 is 0 Å². The Bertz CT molecular complexity index is 743. The number of hydrogen-bond acceptors (Lipinski definition) is 4. The molecule has 2 aromatic carbocycles. The van der Waals surface area contributed by atoms with Gasteiger partial charge in [0.2, 0.25) is 0 Å². The molecule has 1 fully saturated rings. The molecule has 29 heavy (non-hydrogen) atoms. The van der Waals surface area contributed by atoms with Gasteiger partial charge in [0.1, 0.15) is 6.23 Å². The largest absolute Gasteiger partial charge is 0.363 e. The Labute approximate surface area is 179 Å². The molecule has 2 aromatic rings. The Kier molecular flexibility index (Phi) is 8.69. The number of ketones is 1. The van der Waals surface area contributed by atoms with Gasteiger partial charge in [0, 0.05) is 56.2 Å². The number of carbonyl (C=O) groups excluding carboxylic acids is 1. The molecule has 0 aliphatic carbocycles. The summed E-state index contributed by atoms with van der Waals surface area (Å²) in [6.07, 6.45) is 2.53. The summed E-state index contributed by atoms with van der Waals surface area (Å²) < 4.78 is 6.04. The zero-order valence-electron chi connectivity index (χ0n) is 17.2. The van der Waals surface area contributed by atoms with Crippen LogP contribution in [0.2, 0.25) is 5.02 Å². The Balaban J connectivity index is 1.40. The maximum Gasteiger partial charge on any atom is 0.162 e. The number of ether oxygens (including phenoxy) is 1. The van der Waals surface area contributed by atoms with E-state index in [1.165, 1.54) is 5.56 Å². The highest BCUT2D eigenvalue weighted by molar-refractivity contribution is 6.30. The van der Waals surface area contributed by atoms with Crippen LogP contribution in [0.4, 0.5) is 0 Å². The summed E-state index contributed by atoms with van der Waals surface area (Å²) in [5.41, 5.74) is 2.06.